The summed E-state index contributed by atoms with van der Waals surface area (Å²) < 4.78 is 4.74. The Morgan fingerprint density at radius 1 is 1.57 bits per heavy atom. The lowest BCUT2D eigenvalue weighted by Gasteiger charge is -2.29. The first-order valence-corrected chi connectivity index (χ1v) is 4.44. The molecule has 0 aromatic heterocycles. The first-order valence-electron chi connectivity index (χ1n) is 4.44. The van der Waals surface area contributed by atoms with Crippen molar-refractivity contribution in [2.75, 3.05) is 33.9 Å². The van der Waals surface area contributed by atoms with Crippen molar-refractivity contribution >= 4 is 6.09 Å². The van der Waals surface area contributed by atoms with Crippen LogP contribution in [0.1, 0.15) is 6.92 Å². The summed E-state index contributed by atoms with van der Waals surface area (Å²) in [7, 11) is 3.46. The molecule has 0 rings (SSSR count). The van der Waals surface area contributed by atoms with E-state index >= 15 is 0 Å². The summed E-state index contributed by atoms with van der Waals surface area (Å²) in [5.41, 5.74) is 2.53. The topological polar surface area (TPSA) is 78.8 Å². The van der Waals surface area contributed by atoms with Gasteiger partial charge in [0.05, 0.1) is 20.7 Å². The van der Waals surface area contributed by atoms with Crippen molar-refractivity contribution in [3.05, 3.63) is 0 Å². The second kappa shape index (κ2) is 5.79. The standard InChI is InChI=1S/C8H18N2O4/c1-7(12)6-10(2,3)9-8(13)14-5-4-11/h7,11-12H,4-6H2,1-3H3/p+1. The van der Waals surface area contributed by atoms with Crippen LogP contribution in [0, 0.1) is 0 Å². The van der Waals surface area contributed by atoms with Gasteiger partial charge in [0.15, 0.2) is 0 Å². The van der Waals surface area contributed by atoms with Crippen molar-refractivity contribution in [1.29, 1.82) is 0 Å². The number of amides is 1. The molecule has 1 amide bonds. The average Bonchev–Trinajstić information content (AvgIpc) is 1.96. The molecule has 6 heteroatoms. The molecule has 0 heterocycles. The number of nitrogens with one attached hydrogen (secondary N) is 1. The van der Waals surface area contributed by atoms with Crippen LogP contribution in [0.5, 0.6) is 0 Å². The molecule has 0 saturated carbocycles. The monoisotopic (exact) mass is 207 g/mol. The molecule has 3 N–H and O–H groups in total. The highest BCUT2D eigenvalue weighted by Crippen LogP contribution is 1.95. The van der Waals surface area contributed by atoms with Crippen molar-refractivity contribution in [2.45, 2.75) is 13.0 Å². The fourth-order valence-corrected chi connectivity index (χ4v) is 1.12. The van der Waals surface area contributed by atoms with Crippen molar-refractivity contribution in [1.82, 2.24) is 5.43 Å². The molecular weight excluding hydrogens is 188 g/mol. The summed E-state index contributed by atoms with van der Waals surface area (Å²) in [6, 6.07) is 0. The number of hydrogen-bond donors (Lipinski definition) is 3. The fraction of sp³-hybridized carbons (Fsp3) is 0.875. The second-order valence-electron chi connectivity index (χ2n) is 3.69. The molecule has 0 bridgehead atoms. The van der Waals surface area contributed by atoms with Gasteiger partial charge in [0.2, 0.25) is 0 Å². The van der Waals surface area contributed by atoms with Crippen molar-refractivity contribution in [3.63, 3.8) is 0 Å². The highest BCUT2D eigenvalue weighted by atomic mass is 16.6. The maximum Gasteiger partial charge on any atom is 0.451 e. The van der Waals surface area contributed by atoms with E-state index in [9.17, 15) is 4.79 Å². The van der Waals surface area contributed by atoms with E-state index in [1.807, 2.05) is 0 Å². The Labute approximate surface area is 83.6 Å². The SMILES string of the molecule is CC(O)C[N+](C)(C)NC(=O)OCCO. The Hall–Kier alpha value is -0.850. The van der Waals surface area contributed by atoms with E-state index < -0.39 is 12.2 Å². The highest BCUT2D eigenvalue weighted by molar-refractivity contribution is 5.65. The summed E-state index contributed by atoms with van der Waals surface area (Å²) in [6.45, 7) is 1.80. The van der Waals surface area contributed by atoms with Crippen LogP contribution in [-0.4, -0.2) is 60.9 Å². The fourth-order valence-electron chi connectivity index (χ4n) is 1.12. The number of nitrogens with zero attached hydrogens (tertiary/aromatic N) is 1. The lowest BCUT2D eigenvalue weighted by molar-refractivity contribution is -0.928. The summed E-state index contributed by atoms with van der Waals surface area (Å²) in [6.07, 6.45) is -1.12. The van der Waals surface area contributed by atoms with E-state index in [2.05, 4.69) is 10.2 Å². The summed E-state index contributed by atoms with van der Waals surface area (Å²) in [5.74, 6) is 0. The van der Waals surface area contributed by atoms with Crippen molar-refractivity contribution < 1.29 is 24.3 Å². The second-order valence-corrected chi connectivity index (χ2v) is 3.69. The molecule has 1 unspecified atom stereocenters. The van der Waals surface area contributed by atoms with Crippen LogP contribution in [0.4, 0.5) is 4.79 Å². The van der Waals surface area contributed by atoms with Crippen LogP contribution in [0.15, 0.2) is 0 Å². The summed E-state index contributed by atoms with van der Waals surface area (Å²) in [5, 5.41) is 17.5. The number of rotatable bonds is 5. The highest BCUT2D eigenvalue weighted by Gasteiger charge is 2.21. The molecule has 1 atom stereocenters. The third-order valence-corrected chi connectivity index (χ3v) is 1.44. The van der Waals surface area contributed by atoms with E-state index in [1.54, 1.807) is 21.0 Å². The van der Waals surface area contributed by atoms with Gasteiger partial charge in [-0.2, -0.15) is 5.43 Å². The minimum absolute atomic E-state index is 0.0273. The number of quaternary nitrogens is 1. The van der Waals surface area contributed by atoms with E-state index in [0.29, 0.717) is 6.54 Å². The average molecular weight is 207 g/mol. The zero-order valence-corrected chi connectivity index (χ0v) is 8.86. The van der Waals surface area contributed by atoms with Gasteiger partial charge in [-0.1, -0.05) is 0 Å². The molecule has 6 nitrogen and oxygen atoms in total. The quantitative estimate of drug-likeness (QED) is 0.402. The molecule has 0 radical (unpaired) electrons. The largest absolute Gasteiger partial charge is 0.451 e. The number of aliphatic hydroxyl groups excluding tert-OH is 2. The van der Waals surface area contributed by atoms with Crippen molar-refractivity contribution in [3.8, 4) is 0 Å². The lowest BCUT2D eigenvalue weighted by Crippen LogP contribution is -2.57. The van der Waals surface area contributed by atoms with E-state index in [-0.39, 0.29) is 17.8 Å². The minimum atomic E-state index is -0.607. The van der Waals surface area contributed by atoms with Gasteiger partial charge in [-0.3, -0.25) is 0 Å². The molecular formula is C8H19N2O4+. The number of hydrogen-bond acceptors (Lipinski definition) is 4. The van der Waals surface area contributed by atoms with Crippen LogP contribution in [0.25, 0.3) is 0 Å². The molecule has 84 valence electrons. The molecule has 0 spiro atoms. The maximum absolute atomic E-state index is 11.1. The number of carbonyl (C=O) groups is 1. The van der Waals surface area contributed by atoms with Gasteiger partial charge < -0.3 is 14.9 Å². The Kier molecular flexibility index (Phi) is 5.44. The van der Waals surface area contributed by atoms with Crippen LogP contribution in [0.2, 0.25) is 0 Å². The third-order valence-electron chi connectivity index (χ3n) is 1.44. The Balaban J connectivity index is 3.89. The maximum atomic E-state index is 11.1. The van der Waals surface area contributed by atoms with E-state index in [0.717, 1.165) is 0 Å². The van der Waals surface area contributed by atoms with Crippen LogP contribution >= 0.6 is 0 Å². The third kappa shape index (κ3) is 6.64. The number of ether oxygens (including phenoxy) is 1. The van der Waals surface area contributed by atoms with Crippen LogP contribution < -0.4 is 5.43 Å². The summed E-state index contributed by atoms with van der Waals surface area (Å²) >= 11 is 0. The predicted molar refractivity (Wildman–Crippen MR) is 50.2 cm³/mol. The Morgan fingerprint density at radius 3 is 2.57 bits per heavy atom. The molecule has 0 fully saturated rings. The van der Waals surface area contributed by atoms with Gasteiger partial charge >= 0.3 is 6.09 Å². The Morgan fingerprint density at radius 2 is 2.14 bits per heavy atom. The predicted octanol–water partition coefficient (Wildman–Crippen LogP) is -0.923. The van der Waals surface area contributed by atoms with Crippen LogP contribution in [0.3, 0.4) is 0 Å². The van der Waals surface area contributed by atoms with Gasteiger partial charge in [0, 0.05) is 0 Å². The van der Waals surface area contributed by atoms with Gasteiger partial charge in [0.1, 0.15) is 19.3 Å². The first kappa shape index (κ1) is 13.2. The van der Waals surface area contributed by atoms with Gasteiger partial charge in [-0.05, 0) is 6.92 Å². The zero-order valence-electron chi connectivity index (χ0n) is 8.86. The molecule has 0 aliphatic carbocycles. The number of likely N-dealkylation sites (N-methyl/N-ethyl adjacent to an activating group) is 1. The van der Waals surface area contributed by atoms with E-state index in [4.69, 9.17) is 10.2 Å². The van der Waals surface area contributed by atoms with Gasteiger partial charge in [-0.25, -0.2) is 9.39 Å². The molecule has 0 aromatic carbocycles. The van der Waals surface area contributed by atoms with Gasteiger partial charge in [0.25, 0.3) is 0 Å². The Bertz CT molecular complexity index is 182. The van der Waals surface area contributed by atoms with Crippen molar-refractivity contribution in [2.24, 2.45) is 0 Å². The normalized spacial score (nSPS) is 13.5. The molecule has 14 heavy (non-hydrogen) atoms. The molecule has 0 aliphatic rings. The molecule has 0 saturated heterocycles. The number of aliphatic hydroxyl groups is 2. The van der Waals surface area contributed by atoms with E-state index in [1.165, 1.54) is 0 Å². The minimum Gasteiger partial charge on any atom is -0.444 e. The first-order chi connectivity index (χ1) is 6.37. The summed E-state index contributed by atoms with van der Waals surface area (Å²) in [4.78, 5) is 11.1. The number of carbonyl (C=O) groups excluding carboxylic acids is 1. The lowest BCUT2D eigenvalue weighted by atomic mass is 10.4. The zero-order chi connectivity index (χ0) is 11.2. The molecule has 0 aromatic rings. The molecule has 0 aliphatic heterocycles. The van der Waals surface area contributed by atoms with Crippen LogP contribution in [-0.2, 0) is 4.74 Å². The smallest absolute Gasteiger partial charge is 0.444 e. The van der Waals surface area contributed by atoms with Gasteiger partial charge in [-0.15, -0.1) is 0 Å².